The van der Waals surface area contributed by atoms with E-state index in [-0.39, 0.29) is 17.0 Å². The summed E-state index contributed by atoms with van der Waals surface area (Å²) in [7, 11) is 0. The number of rotatable bonds is 6. The Morgan fingerprint density at radius 1 is 1.12 bits per heavy atom. The van der Waals surface area contributed by atoms with Crippen molar-refractivity contribution in [3.8, 4) is 0 Å². The topological polar surface area (TPSA) is 26.3 Å². The molecule has 0 bridgehead atoms. The molecule has 0 aromatic carbocycles. The summed E-state index contributed by atoms with van der Waals surface area (Å²) in [6.07, 6.45) is 2.71. The van der Waals surface area contributed by atoms with Gasteiger partial charge in [0.15, 0.2) is 0 Å². The standard InChI is InChI=1S/C14H28O2/c1-8-11(4)14(7,10-3)16-12(15)13(5,6)9-2/h11H,8-10H2,1-7H3. The van der Waals surface area contributed by atoms with Crippen molar-refractivity contribution in [1.29, 1.82) is 0 Å². The lowest BCUT2D eigenvalue weighted by Crippen LogP contribution is -2.41. The fourth-order valence-corrected chi connectivity index (χ4v) is 1.45. The van der Waals surface area contributed by atoms with Gasteiger partial charge in [-0.2, -0.15) is 0 Å². The zero-order chi connectivity index (χ0) is 13.0. The van der Waals surface area contributed by atoms with Crippen LogP contribution in [-0.4, -0.2) is 11.6 Å². The van der Waals surface area contributed by atoms with Crippen molar-refractivity contribution < 1.29 is 9.53 Å². The summed E-state index contributed by atoms with van der Waals surface area (Å²) in [5, 5.41) is 0. The molecule has 0 aliphatic heterocycles. The van der Waals surface area contributed by atoms with Gasteiger partial charge in [0, 0.05) is 0 Å². The van der Waals surface area contributed by atoms with Crippen LogP contribution in [0.15, 0.2) is 0 Å². The van der Waals surface area contributed by atoms with Gasteiger partial charge in [0.05, 0.1) is 5.41 Å². The Kier molecular flexibility index (Phi) is 5.51. The molecule has 0 N–H and O–H groups in total. The second-order valence-corrected chi connectivity index (χ2v) is 5.60. The molecule has 2 unspecified atom stereocenters. The zero-order valence-electron chi connectivity index (χ0n) is 12.0. The van der Waals surface area contributed by atoms with E-state index in [1.807, 2.05) is 27.7 Å². The molecule has 0 aromatic rings. The highest BCUT2D eigenvalue weighted by atomic mass is 16.6. The van der Waals surface area contributed by atoms with Crippen molar-refractivity contribution >= 4 is 5.97 Å². The molecule has 2 heteroatoms. The maximum absolute atomic E-state index is 12.1. The fourth-order valence-electron chi connectivity index (χ4n) is 1.45. The average molecular weight is 228 g/mol. The summed E-state index contributed by atoms with van der Waals surface area (Å²) in [6.45, 7) is 14.3. The highest BCUT2D eigenvalue weighted by molar-refractivity contribution is 5.76. The van der Waals surface area contributed by atoms with Gasteiger partial charge in [-0.25, -0.2) is 0 Å². The van der Waals surface area contributed by atoms with Gasteiger partial charge in [-0.3, -0.25) is 4.79 Å². The number of hydrogen-bond donors (Lipinski definition) is 0. The molecule has 0 aromatic heterocycles. The lowest BCUT2D eigenvalue weighted by molar-refractivity contribution is -0.175. The van der Waals surface area contributed by atoms with Crippen molar-refractivity contribution in [3.05, 3.63) is 0 Å². The van der Waals surface area contributed by atoms with Crippen LogP contribution in [0.3, 0.4) is 0 Å². The monoisotopic (exact) mass is 228 g/mol. The molecule has 16 heavy (non-hydrogen) atoms. The Bertz CT molecular complexity index is 233. The quantitative estimate of drug-likeness (QED) is 0.637. The summed E-state index contributed by atoms with van der Waals surface area (Å²) < 4.78 is 5.76. The average Bonchev–Trinajstić information content (AvgIpc) is 2.27. The molecular formula is C14H28O2. The van der Waals surface area contributed by atoms with Gasteiger partial charge < -0.3 is 4.74 Å². The van der Waals surface area contributed by atoms with Crippen LogP contribution in [0.4, 0.5) is 0 Å². The fraction of sp³-hybridized carbons (Fsp3) is 0.929. The highest BCUT2D eigenvalue weighted by Gasteiger charge is 2.37. The van der Waals surface area contributed by atoms with Gasteiger partial charge in [-0.1, -0.05) is 27.7 Å². The summed E-state index contributed by atoms with van der Waals surface area (Å²) >= 11 is 0. The van der Waals surface area contributed by atoms with E-state index < -0.39 is 0 Å². The van der Waals surface area contributed by atoms with Crippen molar-refractivity contribution in [2.24, 2.45) is 11.3 Å². The van der Waals surface area contributed by atoms with E-state index in [1.165, 1.54) is 0 Å². The predicted molar refractivity (Wildman–Crippen MR) is 68.3 cm³/mol. The van der Waals surface area contributed by atoms with Crippen LogP contribution in [0.1, 0.15) is 67.7 Å². The molecule has 0 rings (SSSR count). The molecule has 0 saturated heterocycles. The molecule has 96 valence electrons. The highest BCUT2D eigenvalue weighted by Crippen LogP contribution is 2.32. The predicted octanol–water partition coefficient (Wildman–Crippen LogP) is 4.18. The van der Waals surface area contributed by atoms with Crippen LogP contribution >= 0.6 is 0 Å². The van der Waals surface area contributed by atoms with Crippen LogP contribution in [0.5, 0.6) is 0 Å². The Balaban J connectivity index is 4.73. The maximum atomic E-state index is 12.1. The summed E-state index contributed by atoms with van der Waals surface area (Å²) in [5.74, 6) is 0.328. The molecule has 0 amide bonds. The van der Waals surface area contributed by atoms with Crippen LogP contribution in [0.2, 0.25) is 0 Å². The van der Waals surface area contributed by atoms with Gasteiger partial charge in [0.25, 0.3) is 0 Å². The molecule has 0 spiro atoms. The lowest BCUT2D eigenvalue weighted by Gasteiger charge is -2.36. The van der Waals surface area contributed by atoms with Crippen LogP contribution in [0, 0.1) is 11.3 Å². The van der Waals surface area contributed by atoms with Crippen molar-refractivity contribution in [2.45, 2.75) is 73.3 Å². The summed E-state index contributed by atoms with van der Waals surface area (Å²) in [6, 6.07) is 0. The molecule has 2 atom stereocenters. The number of esters is 1. The first-order valence-corrected chi connectivity index (χ1v) is 6.47. The Hall–Kier alpha value is -0.530. The van der Waals surface area contributed by atoms with E-state index in [1.54, 1.807) is 0 Å². The Labute approximate surface area is 101 Å². The van der Waals surface area contributed by atoms with Gasteiger partial charge >= 0.3 is 5.97 Å². The smallest absolute Gasteiger partial charge is 0.312 e. The van der Waals surface area contributed by atoms with E-state index in [9.17, 15) is 4.79 Å². The molecule has 2 nitrogen and oxygen atoms in total. The number of hydrogen-bond acceptors (Lipinski definition) is 2. The maximum Gasteiger partial charge on any atom is 0.312 e. The number of ether oxygens (including phenoxy) is 1. The van der Waals surface area contributed by atoms with E-state index >= 15 is 0 Å². The molecular weight excluding hydrogens is 200 g/mol. The summed E-state index contributed by atoms with van der Waals surface area (Å²) in [4.78, 5) is 12.1. The Morgan fingerprint density at radius 2 is 1.62 bits per heavy atom. The first-order valence-electron chi connectivity index (χ1n) is 6.47. The van der Waals surface area contributed by atoms with Gasteiger partial charge in [-0.15, -0.1) is 0 Å². The number of carbonyl (C=O) groups excluding carboxylic acids is 1. The molecule has 0 fully saturated rings. The van der Waals surface area contributed by atoms with Gasteiger partial charge in [-0.05, 0) is 46.0 Å². The SMILES string of the molecule is CCC(C)C(C)(CC)OC(=O)C(C)(C)CC. The third-order valence-corrected chi connectivity index (χ3v) is 4.12. The molecule has 0 saturated carbocycles. The first kappa shape index (κ1) is 15.5. The second kappa shape index (κ2) is 5.70. The van der Waals surface area contributed by atoms with Crippen molar-refractivity contribution in [1.82, 2.24) is 0 Å². The third-order valence-electron chi connectivity index (χ3n) is 4.12. The largest absolute Gasteiger partial charge is 0.459 e. The zero-order valence-corrected chi connectivity index (χ0v) is 12.0. The molecule has 0 radical (unpaired) electrons. The Morgan fingerprint density at radius 3 is 1.94 bits per heavy atom. The lowest BCUT2D eigenvalue weighted by atomic mass is 9.84. The third kappa shape index (κ3) is 3.50. The minimum Gasteiger partial charge on any atom is -0.459 e. The van der Waals surface area contributed by atoms with E-state index in [0.29, 0.717) is 5.92 Å². The van der Waals surface area contributed by atoms with E-state index in [0.717, 1.165) is 19.3 Å². The minimum atomic E-state index is -0.371. The van der Waals surface area contributed by atoms with Crippen LogP contribution in [-0.2, 0) is 9.53 Å². The van der Waals surface area contributed by atoms with Crippen LogP contribution < -0.4 is 0 Å². The molecule has 0 heterocycles. The second-order valence-electron chi connectivity index (χ2n) is 5.60. The molecule has 0 aliphatic carbocycles. The van der Waals surface area contributed by atoms with Gasteiger partial charge in [0.1, 0.15) is 5.60 Å². The van der Waals surface area contributed by atoms with Crippen LogP contribution in [0.25, 0.3) is 0 Å². The van der Waals surface area contributed by atoms with E-state index in [4.69, 9.17) is 4.74 Å². The summed E-state index contributed by atoms with van der Waals surface area (Å²) in [5.41, 5.74) is -0.692. The first-order chi connectivity index (χ1) is 7.23. The minimum absolute atomic E-state index is 0.0698. The van der Waals surface area contributed by atoms with Crippen molar-refractivity contribution in [2.75, 3.05) is 0 Å². The number of carbonyl (C=O) groups is 1. The van der Waals surface area contributed by atoms with Crippen molar-refractivity contribution in [3.63, 3.8) is 0 Å². The van der Waals surface area contributed by atoms with E-state index in [2.05, 4.69) is 20.8 Å². The normalized spacial score (nSPS) is 17.7. The van der Waals surface area contributed by atoms with Gasteiger partial charge in [0.2, 0.25) is 0 Å². The molecule has 0 aliphatic rings.